The van der Waals surface area contributed by atoms with Gasteiger partial charge in [0.25, 0.3) is 0 Å². The average Bonchev–Trinajstić information content (AvgIpc) is 2.52. The van der Waals surface area contributed by atoms with Crippen LogP contribution in [0.4, 0.5) is 0 Å². The molecule has 0 aliphatic carbocycles. The largest absolute Gasteiger partial charge is 0.504 e. The van der Waals surface area contributed by atoms with E-state index in [1.54, 1.807) is 12.1 Å². The predicted molar refractivity (Wildman–Crippen MR) is 85.5 cm³/mol. The van der Waals surface area contributed by atoms with Crippen LogP contribution in [-0.4, -0.2) is 23.9 Å². The van der Waals surface area contributed by atoms with Gasteiger partial charge in [0.15, 0.2) is 11.5 Å². The molecule has 2 N–H and O–H groups in total. The number of ether oxygens (including phenoxy) is 1. The molecule has 1 aliphatic rings. The summed E-state index contributed by atoms with van der Waals surface area (Å²) >= 11 is 1.49. The molecule has 1 atom stereocenters. The van der Waals surface area contributed by atoms with Crippen molar-refractivity contribution in [3.63, 3.8) is 0 Å². The highest BCUT2D eigenvalue weighted by molar-refractivity contribution is 8.03. The van der Waals surface area contributed by atoms with E-state index in [2.05, 4.69) is 11.4 Å². The lowest BCUT2D eigenvalue weighted by Gasteiger charge is -2.25. The van der Waals surface area contributed by atoms with Crippen LogP contribution < -0.4 is 10.1 Å². The van der Waals surface area contributed by atoms with E-state index in [1.165, 1.54) is 24.9 Å². The fraction of sp³-hybridized carbons (Fsp3) is 0.375. The zero-order chi connectivity index (χ0) is 16.1. The molecule has 22 heavy (non-hydrogen) atoms. The van der Waals surface area contributed by atoms with Crippen molar-refractivity contribution >= 4 is 17.7 Å². The van der Waals surface area contributed by atoms with E-state index in [9.17, 15) is 15.2 Å². The maximum absolute atomic E-state index is 12.0. The number of nitrogens with zero attached hydrogens (tertiary/aromatic N) is 1. The topological polar surface area (TPSA) is 82.3 Å². The van der Waals surface area contributed by atoms with Crippen LogP contribution in [-0.2, 0) is 4.79 Å². The lowest BCUT2D eigenvalue weighted by atomic mass is 9.87. The molecule has 1 heterocycles. The number of phenols is 1. The zero-order valence-corrected chi connectivity index (χ0v) is 13.4. The molecular formula is C16H18N2O3S. The fourth-order valence-electron chi connectivity index (χ4n) is 2.33. The van der Waals surface area contributed by atoms with Crippen molar-refractivity contribution in [2.75, 3.05) is 12.9 Å². The molecule has 1 amide bonds. The highest BCUT2D eigenvalue weighted by Crippen LogP contribution is 2.38. The van der Waals surface area contributed by atoms with Gasteiger partial charge in [-0.15, -0.1) is 11.8 Å². The van der Waals surface area contributed by atoms with Crippen molar-refractivity contribution in [3.05, 3.63) is 34.4 Å². The van der Waals surface area contributed by atoms with E-state index >= 15 is 0 Å². The molecular weight excluding hydrogens is 300 g/mol. The van der Waals surface area contributed by atoms with Crippen molar-refractivity contribution in [1.82, 2.24) is 5.32 Å². The number of amides is 1. The molecule has 2 rings (SSSR count). The summed E-state index contributed by atoms with van der Waals surface area (Å²) in [5, 5.41) is 22.6. The Morgan fingerprint density at radius 3 is 2.95 bits per heavy atom. The van der Waals surface area contributed by atoms with Gasteiger partial charge >= 0.3 is 0 Å². The van der Waals surface area contributed by atoms with Gasteiger partial charge in [-0.25, -0.2) is 0 Å². The van der Waals surface area contributed by atoms with Crippen LogP contribution in [0.15, 0.2) is 28.8 Å². The number of carbonyl (C=O) groups excluding carboxylic acids is 1. The second-order valence-electron chi connectivity index (χ2n) is 4.94. The number of hydrogen-bond donors (Lipinski definition) is 2. The van der Waals surface area contributed by atoms with Gasteiger partial charge in [0, 0.05) is 12.3 Å². The quantitative estimate of drug-likeness (QED) is 0.872. The van der Waals surface area contributed by atoms with Crippen LogP contribution in [0, 0.1) is 11.3 Å². The molecule has 6 heteroatoms. The van der Waals surface area contributed by atoms with Crippen LogP contribution in [0.5, 0.6) is 11.5 Å². The molecule has 5 nitrogen and oxygen atoms in total. The Morgan fingerprint density at radius 2 is 2.32 bits per heavy atom. The Balaban J connectivity index is 2.43. The van der Waals surface area contributed by atoms with Crippen LogP contribution in [0.1, 0.15) is 31.2 Å². The van der Waals surface area contributed by atoms with Gasteiger partial charge in [0.1, 0.15) is 0 Å². The molecule has 0 bridgehead atoms. The molecule has 0 fully saturated rings. The molecule has 1 aliphatic heterocycles. The number of phenolic OH excluding ortho intramolecular Hbond substituents is 1. The third-order valence-corrected chi connectivity index (χ3v) is 4.64. The predicted octanol–water partition coefficient (Wildman–Crippen LogP) is 2.88. The Labute approximate surface area is 134 Å². The van der Waals surface area contributed by atoms with Gasteiger partial charge in [0.2, 0.25) is 5.91 Å². The van der Waals surface area contributed by atoms with Gasteiger partial charge < -0.3 is 15.2 Å². The Kier molecular flexibility index (Phi) is 5.34. The van der Waals surface area contributed by atoms with Crippen LogP contribution >= 0.6 is 11.8 Å². The normalized spacial score (nSPS) is 17.9. The second kappa shape index (κ2) is 7.23. The van der Waals surface area contributed by atoms with Crippen molar-refractivity contribution in [2.24, 2.45) is 0 Å². The van der Waals surface area contributed by atoms with Crippen molar-refractivity contribution in [2.45, 2.75) is 25.7 Å². The molecule has 0 radical (unpaired) electrons. The first kappa shape index (κ1) is 16.2. The molecule has 1 aromatic carbocycles. The first-order valence-corrected chi connectivity index (χ1v) is 8.03. The summed E-state index contributed by atoms with van der Waals surface area (Å²) < 4.78 is 5.11. The maximum Gasteiger partial charge on any atom is 0.225 e. The van der Waals surface area contributed by atoms with Crippen LogP contribution in [0.3, 0.4) is 0 Å². The summed E-state index contributed by atoms with van der Waals surface area (Å²) in [5.41, 5.74) is 1.35. The molecule has 0 unspecified atom stereocenters. The summed E-state index contributed by atoms with van der Waals surface area (Å²) in [6, 6.07) is 7.15. The first-order chi connectivity index (χ1) is 10.6. The molecule has 0 saturated carbocycles. The molecule has 0 saturated heterocycles. The van der Waals surface area contributed by atoms with E-state index in [1.807, 2.05) is 6.92 Å². The average molecular weight is 318 g/mol. The monoisotopic (exact) mass is 318 g/mol. The minimum atomic E-state index is -0.312. The van der Waals surface area contributed by atoms with Crippen LogP contribution in [0.2, 0.25) is 0 Å². The lowest BCUT2D eigenvalue weighted by molar-refractivity contribution is -0.120. The smallest absolute Gasteiger partial charge is 0.225 e. The van der Waals surface area contributed by atoms with E-state index in [4.69, 9.17) is 4.74 Å². The summed E-state index contributed by atoms with van der Waals surface area (Å²) in [4.78, 5) is 12.0. The summed E-state index contributed by atoms with van der Waals surface area (Å²) in [5.74, 6) is 0.798. The zero-order valence-electron chi connectivity index (χ0n) is 12.5. The van der Waals surface area contributed by atoms with Gasteiger partial charge in [0.05, 0.1) is 23.8 Å². The fourth-order valence-corrected chi connectivity index (χ4v) is 3.27. The van der Waals surface area contributed by atoms with Crippen LogP contribution in [0.25, 0.3) is 0 Å². The van der Waals surface area contributed by atoms with Crippen molar-refractivity contribution < 1.29 is 14.6 Å². The lowest BCUT2D eigenvalue weighted by Crippen LogP contribution is -2.30. The first-order valence-electron chi connectivity index (χ1n) is 7.04. The highest BCUT2D eigenvalue weighted by atomic mass is 32.2. The van der Waals surface area contributed by atoms with E-state index in [0.717, 1.165) is 17.7 Å². The third kappa shape index (κ3) is 3.37. The molecule has 116 valence electrons. The van der Waals surface area contributed by atoms with Crippen molar-refractivity contribution in [1.29, 1.82) is 5.26 Å². The Hall–Kier alpha value is -2.13. The number of benzene rings is 1. The minimum Gasteiger partial charge on any atom is -0.504 e. The highest BCUT2D eigenvalue weighted by Gasteiger charge is 2.29. The third-order valence-electron chi connectivity index (χ3n) is 3.41. The number of methoxy groups -OCH3 is 1. The van der Waals surface area contributed by atoms with Gasteiger partial charge in [-0.2, -0.15) is 5.26 Å². The minimum absolute atomic E-state index is 0.0366. The van der Waals surface area contributed by atoms with E-state index in [-0.39, 0.29) is 24.0 Å². The molecule has 1 aromatic rings. The summed E-state index contributed by atoms with van der Waals surface area (Å²) in [7, 11) is 1.47. The number of aromatic hydroxyl groups is 1. The maximum atomic E-state index is 12.0. The second-order valence-corrected chi connectivity index (χ2v) is 6.04. The number of hydrogen-bond acceptors (Lipinski definition) is 5. The molecule has 0 aromatic heterocycles. The molecule has 0 spiro atoms. The number of rotatable bonds is 5. The number of nitrogens with one attached hydrogen (secondary N) is 1. The standard InChI is InChI=1S/C16H18N2O3S/c1-3-6-22-16-12(9-17)11(8-15(20)18-16)10-4-5-13(19)14(7-10)21-2/h4-5,7,11,19H,3,6,8H2,1-2H3,(H,18,20)/t11-/m0/s1. The number of nitriles is 1. The SMILES string of the molecule is CCCSC1=C(C#N)[C@H](c2ccc(O)c(OC)c2)CC(=O)N1. The van der Waals surface area contributed by atoms with Crippen molar-refractivity contribution in [3.8, 4) is 17.6 Å². The summed E-state index contributed by atoms with van der Waals surface area (Å²) in [6.07, 6.45) is 1.17. The summed E-state index contributed by atoms with van der Waals surface area (Å²) in [6.45, 7) is 2.05. The van der Waals surface area contributed by atoms with Gasteiger partial charge in [-0.05, 0) is 29.9 Å². The Morgan fingerprint density at radius 1 is 1.55 bits per heavy atom. The number of thioether (sulfide) groups is 1. The van der Waals surface area contributed by atoms with E-state index < -0.39 is 0 Å². The number of allylic oxidation sites excluding steroid dienone is 1. The van der Waals surface area contributed by atoms with E-state index in [0.29, 0.717) is 16.4 Å². The van der Waals surface area contributed by atoms with Gasteiger partial charge in [-0.3, -0.25) is 4.79 Å². The Bertz CT molecular complexity index is 649. The number of carbonyl (C=O) groups is 1. The van der Waals surface area contributed by atoms with Gasteiger partial charge in [-0.1, -0.05) is 13.0 Å².